The molecular weight excluding hydrogens is 376 g/mol. The van der Waals surface area contributed by atoms with Crippen molar-refractivity contribution in [2.75, 3.05) is 38.5 Å². The van der Waals surface area contributed by atoms with Gasteiger partial charge in [-0.2, -0.15) is 0 Å². The van der Waals surface area contributed by atoms with Crippen LogP contribution in [0.5, 0.6) is 0 Å². The highest BCUT2D eigenvalue weighted by Gasteiger charge is 2.32. The van der Waals surface area contributed by atoms with Gasteiger partial charge in [-0.3, -0.25) is 9.69 Å². The second kappa shape index (κ2) is 7.89. The van der Waals surface area contributed by atoms with Crippen molar-refractivity contribution >= 4 is 21.8 Å². The van der Waals surface area contributed by atoms with Crippen LogP contribution in [0.3, 0.4) is 0 Å². The van der Waals surface area contributed by atoms with Gasteiger partial charge in [-0.15, -0.1) is 4.40 Å². The van der Waals surface area contributed by atoms with Crippen molar-refractivity contribution in [3.63, 3.8) is 0 Å². The van der Waals surface area contributed by atoms with E-state index in [-0.39, 0.29) is 17.5 Å². The van der Waals surface area contributed by atoms with E-state index in [9.17, 15) is 13.2 Å². The van der Waals surface area contributed by atoms with Gasteiger partial charge < -0.3 is 9.80 Å². The van der Waals surface area contributed by atoms with Gasteiger partial charge in [0.25, 0.3) is 15.9 Å². The zero-order chi connectivity index (χ0) is 19.6. The summed E-state index contributed by atoms with van der Waals surface area (Å²) >= 11 is 0. The quantitative estimate of drug-likeness (QED) is 0.763. The van der Waals surface area contributed by atoms with Crippen molar-refractivity contribution in [3.8, 4) is 0 Å². The first kappa shape index (κ1) is 18.9. The number of hydrogen-bond donors (Lipinski definition) is 0. The summed E-state index contributed by atoms with van der Waals surface area (Å²) in [5.41, 5.74) is 1.63. The Balaban J connectivity index is 1.46. The second-order valence-electron chi connectivity index (χ2n) is 7.22. The normalized spacial score (nSPS) is 22.1. The fraction of sp³-hybridized carbons (Fsp3) is 0.400. The molecule has 1 saturated heterocycles. The number of nitrogens with zero attached hydrogens (tertiary/aromatic N) is 4. The lowest BCUT2D eigenvalue weighted by Gasteiger charge is -2.31. The summed E-state index contributed by atoms with van der Waals surface area (Å²) in [7, 11) is -3.51. The largest absolute Gasteiger partial charge is 0.337 e. The van der Waals surface area contributed by atoms with Gasteiger partial charge in [0.1, 0.15) is 0 Å². The third kappa shape index (κ3) is 4.18. The molecule has 28 heavy (non-hydrogen) atoms. The molecule has 3 aliphatic heterocycles. The lowest BCUT2D eigenvalue weighted by molar-refractivity contribution is -0.126. The molecule has 0 spiro atoms. The number of fused-ring (bicyclic) bond motifs is 1. The number of carbonyl (C=O) groups excluding carboxylic acids is 1. The van der Waals surface area contributed by atoms with Crippen molar-refractivity contribution in [1.82, 2.24) is 14.7 Å². The highest BCUT2D eigenvalue weighted by Crippen LogP contribution is 2.20. The Labute approximate surface area is 165 Å². The number of amides is 1. The number of benzene rings is 1. The van der Waals surface area contributed by atoms with E-state index < -0.39 is 10.0 Å². The standard InChI is InChI=1S/C20H24N4O3S/c25-20(18-8-4-10-23-14-15-28(26,27)21-19(18)23)24-11-5-9-22(12-13-24)16-17-6-2-1-3-7-17/h1-4,6-8,10H,5,9,11-16H2. The van der Waals surface area contributed by atoms with Gasteiger partial charge in [0.05, 0.1) is 11.3 Å². The Morgan fingerprint density at radius 3 is 2.68 bits per heavy atom. The molecular formula is C20H24N4O3S. The van der Waals surface area contributed by atoms with Gasteiger partial charge >= 0.3 is 0 Å². The fourth-order valence-electron chi connectivity index (χ4n) is 3.73. The molecule has 3 aliphatic rings. The third-order valence-electron chi connectivity index (χ3n) is 5.21. The highest BCUT2D eigenvalue weighted by molar-refractivity contribution is 7.90. The summed E-state index contributed by atoms with van der Waals surface area (Å²) < 4.78 is 27.7. The molecule has 4 rings (SSSR count). The molecule has 1 amide bonds. The lowest BCUT2D eigenvalue weighted by atomic mass is 10.1. The first-order valence-corrected chi connectivity index (χ1v) is 11.2. The molecule has 0 N–H and O–H groups in total. The Hall–Kier alpha value is -2.45. The Morgan fingerprint density at radius 1 is 1.04 bits per heavy atom. The van der Waals surface area contributed by atoms with E-state index in [0.29, 0.717) is 25.2 Å². The summed E-state index contributed by atoms with van der Waals surface area (Å²) in [6.45, 7) is 4.19. The van der Waals surface area contributed by atoms with E-state index in [0.717, 1.165) is 26.1 Å². The van der Waals surface area contributed by atoms with E-state index in [1.54, 1.807) is 23.3 Å². The van der Waals surface area contributed by atoms with Gasteiger partial charge in [-0.1, -0.05) is 30.3 Å². The summed E-state index contributed by atoms with van der Waals surface area (Å²) in [5, 5.41) is 0. The molecule has 0 bridgehead atoms. The SMILES string of the molecule is O=C(C1=CC=CN2CCS(=O)(=O)N=C12)N1CCCN(Cc2ccccc2)CC1. The van der Waals surface area contributed by atoms with Gasteiger partial charge in [0, 0.05) is 45.5 Å². The van der Waals surface area contributed by atoms with Gasteiger partial charge in [0.2, 0.25) is 0 Å². The van der Waals surface area contributed by atoms with Gasteiger partial charge in [-0.25, -0.2) is 8.42 Å². The summed E-state index contributed by atoms with van der Waals surface area (Å²) in [6, 6.07) is 10.3. The average molecular weight is 401 g/mol. The van der Waals surface area contributed by atoms with E-state index in [1.165, 1.54) is 5.56 Å². The Bertz CT molecular complexity index is 937. The minimum absolute atomic E-state index is 0.0273. The lowest BCUT2D eigenvalue weighted by Crippen LogP contribution is -2.44. The zero-order valence-corrected chi connectivity index (χ0v) is 16.5. The van der Waals surface area contributed by atoms with E-state index in [1.807, 2.05) is 23.1 Å². The molecule has 0 unspecified atom stereocenters. The first-order chi connectivity index (χ1) is 13.5. The fourth-order valence-corrected chi connectivity index (χ4v) is 4.71. The van der Waals surface area contributed by atoms with Crippen molar-refractivity contribution in [3.05, 3.63) is 59.8 Å². The van der Waals surface area contributed by atoms with Crippen molar-refractivity contribution in [2.24, 2.45) is 4.40 Å². The molecule has 7 nitrogen and oxygen atoms in total. The number of carbonyl (C=O) groups is 1. The smallest absolute Gasteiger partial charge is 0.257 e. The molecule has 148 valence electrons. The van der Waals surface area contributed by atoms with Crippen molar-refractivity contribution < 1.29 is 13.2 Å². The predicted molar refractivity (Wildman–Crippen MR) is 108 cm³/mol. The monoisotopic (exact) mass is 400 g/mol. The van der Waals surface area contributed by atoms with E-state index in [4.69, 9.17) is 0 Å². The Kier molecular flexibility index (Phi) is 5.32. The molecule has 0 atom stereocenters. The second-order valence-corrected chi connectivity index (χ2v) is 8.98. The molecule has 3 heterocycles. The minimum Gasteiger partial charge on any atom is -0.337 e. The molecule has 1 aromatic carbocycles. The Morgan fingerprint density at radius 2 is 1.86 bits per heavy atom. The number of sulfonamides is 1. The summed E-state index contributed by atoms with van der Waals surface area (Å²) in [6.07, 6.45) is 6.11. The number of amidine groups is 1. The number of hydrogen-bond acceptors (Lipinski definition) is 5. The van der Waals surface area contributed by atoms with Crippen molar-refractivity contribution in [1.29, 1.82) is 0 Å². The topological polar surface area (TPSA) is 73.3 Å². The maximum Gasteiger partial charge on any atom is 0.257 e. The first-order valence-electron chi connectivity index (χ1n) is 9.55. The third-order valence-corrected chi connectivity index (χ3v) is 6.36. The van der Waals surface area contributed by atoms with Crippen LogP contribution in [0.15, 0.2) is 58.7 Å². The summed E-state index contributed by atoms with van der Waals surface area (Å²) in [5.74, 6) is 0.0800. The minimum atomic E-state index is -3.51. The van der Waals surface area contributed by atoms with Crippen LogP contribution in [0.2, 0.25) is 0 Å². The van der Waals surface area contributed by atoms with Crippen LogP contribution in [0.4, 0.5) is 0 Å². The van der Waals surface area contributed by atoms with Crippen LogP contribution in [0.25, 0.3) is 0 Å². The zero-order valence-electron chi connectivity index (χ0n) is 15.7. The van der Waals surface area contributed by atoms with Crippen LogP contribution in [0, 0.1) is 0 Å². The van der Waals surface area contributed by atoms with E-state index >= 15 is 0 Å². The van der Waals surface area contributed by atoms with Crippen LogP contribution < -0.4 is 0 Å². The van der Waals surface area contributed by atoms with Gasteiger partial charge in [-0.05, 0) is 24.1 Å². The number of rotatable bonds is 3. The predicted octanol–water partition coefficient (Wildman–Crippen LogP) is 1.22. The van der Waals surface area contributed by atoms with E-state index in [2.05, 4.69) is 21.4 Å². The van der Waals surface area contributed by atoms with Gasteiger partial charge in [0.15, 0.2) is 5.84 Å². The maximum atomic E-state index is 13.1. The molecule has 8 heteroatoms. The van der Waals surface area contributed by atoms with Crippen LogP contribution in [0.1, 0.15) is 12.0 Å². The molecule has 0 aromatic heterocycles. The molecule has 0 radical (unpaired) electrons. The summed E-state index contributed by atoms with van der Waals surface area (Å²) in [4.78, 5) is 19.1. The van der Waals surface area contributed by atoms with Crippen molar-refractivity contribution in [2.45, 2.75) is 13.0 Å². The highest BCUT2D eigenvalue weighted by atomic mass is 32.2. The van der Waals surface area contributed by atoms with Crippen LogP contribution >= 0.6 is 0 Å². The van der Waals surface area contributed by atoms with Crippen LogP contribution in [-0.4, -0.2) is 73.3 Å². The molecule has 0 saturated carbocycles. The molecule has 1 fully saturated rings. The number of allylic oxidation sites excluding steroid dienone is 2. The molecule has 1 aromatic rings. The molecule has 0 aliphatic carbocycles. The maximum absolute atomic E-state index is 13.1. The van der Waals surface area contributed by atoms with Crippen LogP contribution in [-0.2, 0) is 21.4 Å². The average Bonchev–Trinajstić information content (AvgIpc) is 2.93.